The van der Waals surface area contributed by atoms with E-state index in [1.807, 2.05) is 38.1 Å². The first kappa shape index (κ1) is 26.5. The van der Waals surface area contributed by atoms with Crippen molar-refractivity contribution >= 4 is 17.9 Å². The minimum atomic E-state index is -0.240. The minimum Gasteiger partial charge on any atom is -0.354 e. The van der Waals surface area contributed by atoms with Crippen LogP contribution in [0.2, 0.25) is 0 Å². The molecule has 1 heterocycles. The lowest BCUT2D eigenvalue weighted by molar-refractivity contribution is -0.125. The second kappa shape index (κ2) is 12.6. The molecular formula is C30H35N3OS. The molecular weight excluding hydrogens is 450 g/mol. The summed E-state index contributed by atoms with van der Waals surface area (Å²) < 4.78 is 2.23. The topological polar surface area (TPSA) is 56.1 Å². The van der Waals surface area contributed by atoms with Gasteiger partial charge in [-0.25, -0.2) is 4.31 Å². The van der Waals surface area contributed by atoms with Gasteiger partial charge < -0.3 is 5.32 Å². The van der Waals surface area contributed by atoms with Crippen molar-refractivity contribution in [1.82, 2.24) is 9.62 Å². The molecule has 182 valence electrons. The Morgan fingerprint density at radius 2 is 1.71 bits per heavy atom. The van der Waals surface area contributed by atoms with Gasteiger partial charge in [-0.3, -0.25) is 4.79 Å². The maximum atomic E-state index is 13.3. The third kappa shape index (κ3) is 6.75. The molecule has 1 aliphatic rings. The van der Waals surface area contributed by atoms with E-state index >= 15 is 0 Å². The van der Waals surface area contributed by atoms with E-state index in [0.29, 0.717) is 24.9 Å². The van der Waals surface area contributed by atoms with Crippen LogP contribution in [0.5, 0.6) is 0 Å². The maximum Gasteiger partial charge on any atom is 0.238 e. The molecule has 5 heteroatoms. The Kier molecular flexibility index (Phi) is 9.54. The van der Waals surface area contributed by atoms with E-state index in [2.05, 4.69) is 66.8 Å². The molecule has 1 atom stereocenters. The second-order valence-corrected chi connectivity index (χ2v) is 9.80. The number of aryl methyl sites for hydroxylation is 3. The van der Waals surface area contributed by atoms with Crippen LogP contribution in [0, 0.1) is 32.1 Å². The zero-order valence-corrected chi connectivity index (χ0v) is 22.2. The van der Waals surface area contributed by atoms with Crippen LogP contribution in [-0.4, -0.2) is 22.8 Å². The maximum absolute atomic E-state index is 13.3. The highest BCUT2D eigenvalue weighted by Crippen LogP contribution is 2.36. The van der Waals surface area contributed by atoms with E-state index in [-0.39, 0.29) is 11.9 Å². The van der Waals surface area contributed by atoms with Gasteiger partial charge in [0.2, 0.25) is 5.91 Å². The van der Waals surface area contributed by atoms with Crippen LogP contribution in [0.25, 0.3) is 0 Å². The largest absolute Gasteiger partial charge is 0.354 e. The minimum absolute atomic E-state index is 0.0517. The van der Waals surface area contributed by atoms with Crippen molar-refractivity contribution in [3.8, 4) is 6.07 Å². The molecule has 0 saturated heterocycles. The summed E-state index contributed by atoms with van der Waals surface area (Å²) in [5, 5.41) is 12.2. The number of nitriles is 1. The number of rotatable bonds is 6. The number of amides is 1. The lowest BCUT2D eigenvalue weighted by atomic mass is 9.95. The van der Waals surface area contributed by atoms with Crippen molar-refractivity contribution < 1.29 is 4.79 Å². The van der Waals surface area contributed by atoms with Crippen molar-refractivity contribution in [3.05, 3.63) is 99.6 Å². The molecule has 0 bridgehead atoms. The molecule has 1 amide bonds. The Morgan fingerprint density at radius 1 is 1.03 bits per heavy atom. The molecule has 1 unspecified atom stereocenters. The average Bonchev–Trinajstić information content (AvgIpc) is 2.87. The molecule has 3 aromatic carbocycles. The number of carbonyl (C=O) groups excluding carboxylic acids is 1. The van der Waals surface area contributed by atoms with Gasteiger partial charge in [0.15, 0.2) is 0 Å². The average molecular weight is 486 g/mol. The summed E-state index contributed by atoms with van der Waals surface area (Å²) >= 11 is 1.70. The Bertz CT molecular complexity index is 1190. The van der Waals surface area contributed by atoms with Crippen molar-refractivity contribution in [1.29, 1.82) is 5.26 Å². The highest BCUT2D eigenvalue weighted by atomic mass is 32.2. The zero-order valence-electron chi connectivity index (χ0n) is 21.4. The number of carbonyl (C=O) groups is 1. The van der Waals surface area contributed by atoms with Gasteiger partial charge >= 0.3 is 0 Å². The van der Waals surface area contributed by atoms with Crippen molar-refractivity contribution in [2.45, 2.75) is 64.9 Å². The van der Waals surface area contributed by atoms with Crippen LogP contribution < -0.4 is 5.32 Å². The molecule has 3 aromatic rings. The van der Waals surface area contributed by atoms with E-state index < -0.39 is 0 Å². The third-order valence-corrected chi connectivity index (χ3v) is 7.53. The lowest BCUT2D eigenvalue weighted by Crippen LogP contribution is -2.47. The first-order chi connectivity index (χ1) is 16.9. The molecule has 35 heavy (non-hydrogen) atoms. The number of nitrogens with zero attached hydrogens (tertiary/aromatic N) is 2. The fourth-order valence-electron chi connectivity index (χ4n) is 4.49. The van der Waals surface area contributed by atoms with Crippen LogP contribution in [0.4, 0.5) is 0 Å². The van der Waals surface area contributed by atoms with Crippen molar-refractivity contribution in [3.63, 3.8) is 0 Å². The van der Waals surface area contributed by atoms with Crippen LogP contribution in [0.15, 0.2) is 65.6 Å². The molecule has 0 radical (unpaired) electrons. The second-order valence-electron chi connectivity index (χ2n) is 8.74. The summed E-state index contributed by atoms with van der Waals surface area (Å²) in [5.74, 6) is 0.0517. The summed E-state index contributed by atoms with van der Waals surface area (Å²) in [6, 6.07) is 22.3. The SMILES string of the molecule is CC.Cc1cc(C)c(SN2Cc3ccccc3CC2C(=O)NCCc2cccc(C#N)c2)c(C)c1. The van der Waals surface area contributed by atoms with Gasteiger partial charge in [-0.1, -0.05) is 67.9 Å². The van der Waals surface area contributed by atoms with Crippen LogP contribution in [-0.2, 0) is 24.2 Å². The molecule has 4 nitrogen and oxygen atoms in total. The Hall–Kier alpha value is -3.07. The molecule has 4 rings (SSSR count). The van der Waals surface area contributed by atoms with Crippen LogP contribution in [0.3, 0.4) is 0 Å². The zero-order chi connectivity index (χ0) is 25.4. The first-order valence-electron chi connectivity index (χ1n) is 12.3. The highest BCUT2D eigenvalue weighted by Gasteiger charge is 2.32. The van der Waals surface area contributed by atoms with Gasteiger partial charge in [-0.05, 0) is 85.5 Å². The molecule has 0 spiro atoms. The van der Waals surface area contributed by atoms with Crippen molar-refractivity contribution in [2.24, 2.45) is 0 Å². The lowest BCUT2D eigenvalue weighted by Gasteiger charge is -2.35. The summed E-state index contributed by atoms with van der Waals surface area (Å²) in [6.45, 7) is 11.7. The highest BCUT2D eigenvalue weighted by molar-refractivity contribution is 7.97. The Balaban J connectivity index is 0.00000167. The summed E-state index contributed by atoms with van der Waals surface area (Å²) in [6.07, 6.45) is 1.40. The van der Waals surface area contributed by atoms with Gasteiger partial charge in [0.25, 0.3) is 0 Å². The predicted octanol–water partition coefficient (Wildman–Crippen LogP) is 6.30. The van der Waals surface area contributed by atoms with Gasteiger partial charge in [0.1, 0.15) is 6.04 Å². The van der Waals surface area contributed by atoms with E-state index in [0.717, 1.165) is 12.1 Å². The smallest absolute Gasteiger partial charge is 0.238 e. The van der Waals surface area contributed by atoms with Gasteiger partial charge in [0.05, 0.1) is 11.6 Å². The Morgan fingerprint density at radius 3 is 2.40 bits per heavy atom. The molecule has 0 saturated carbocycles. The third-order valence-electron chi connectivity index (χ3n) is 6.09. The first-order valence-corrected chi connectivity index (χ1v) is 13.1. The Labute approximate surface area is 214 Å². The monoisotopic (exact) mass is 485 g/mol. The van der Waals surface area contributed by atoms with Gasteiger partial charge in [-0.15, -0.1) is 0 Å². The van der Waals surface area contributed by atoms with E-state index in [9.17, 15) is 4.79 Å². The summed E-state index contributed by atoms with van der Waals surface area (Å²) in [5.41, 5.74) is 7.97. The van der Waals surface area contributed by atoms with Crippen molar-refractivity contribution in [2.75, 3.05) is 6.54 Å². The predicted molar refractivity (Wildman–Crippen MR) is 145 cm³/mol. The van der Waals surface area contributed by atoms with Crippen LogP contribution >= 0.6 is 11.9 Å². The number of hydrogen-bond acceptors (Lipinski definition) is 4. The van der Waals surface area contributed by atoms with E-state index in [1.165, 1.54) is 32.7 Å². The molecule has 0 fully saturated rings. The van der Waals surface area contributed by atoms with E-state index in [1.54, 1.807) is 18.0 Å². The number of benzene rings is 3. The summed E-state index contributed by atoms with van der Waals surface area (Å²) in [4.78, 5) is 14.6. The summed E-state index contributed by atoms with van der Waals surface area (Å²) in [7, 11) is 0. The standard InChI is InChI=1S/C28H29N3OS.C2H6/c1-19-13-20(2)27(21(3)14-19)33-31-18-25-10-5-4-9-24(25)16-26(31)28(32)30-12-11-22-7-6-8-23(15-22)17-29;1-2/h4-10,13-15,26H,11-12,16,18H2,1-3H3,(H,30,32);1-2H3. The van der Waals surface area contributed by atoms with Gasteiger partial charge in [-0.2, -0.15) is 5.26 Å². The fraction of sp³-hybridized carbons (Fsp3) is 0.333. The quantitative estimate of drug-likeness (QED) is 0.416. The molecule has 1 aliphatic heterocycles. The number of fused-ring (bicyclic) bond motifs is 1. The normalized spacial score (nSPS) is 14.8. The molecule has 0 aliphatic carbocycles. The molecule has 0 aromatic heterocycles. The fourth-order valence-corrected chi connectivity index (χ4v) is 5.63. The number of hydrogen-bond donors (Lipinski definition) is 1. The van der Waals surface area contributed by atoms with E-state index in [4.69, 9.17) is 5.26 Å². The van der Waals surface area contributed by atoms with Gasteiger partial charge in [0, 0.05) is 18.0 Å². The number of nitrogens with one attached hydrogen (secondary N) is 1. The molecule has 1 N–H and O–H groups in total. The van der Waals surface area contributed by atoms with Crippen LogP contribution in [0.1, 0.15) is 52.8 Å².